The Morgan fingerprint density at radius 2 is 2.00 bits per heavy atom. The van der Waals surface area contributed by atoms with Gasteiger partial charge in [0.15, 0.2) is 11.6 Å². The van der Waals surface area contributed by atoms with Gasteiger partial charge < -0.3 is 10.1 Å². The van der Waals surface area contributed by atoms with Crippen LogP contribution >= 0.6 is 0 Å². The first-order valence-electron chi connectivity index (χ1n) is 5.41. The number of nitrogens with one attached hydrogen (secondary N) is 2. The molecule has 1 rings (SSSR count). The van der Waals surface area contributed by atoms with E-state index in [0.29, 0.717) is 6.54 Å². The van der Waals surface area contributed by atoms with Crippen LogP contribution in [0.4, 0.5) is 4.39 Å². The Morgan fingerprint density at radius 1 is 1.33 bits per heavy atom. The van der Waals surface area contributed by atoms with Crippen molar-refractivity contribution in [3.05, 3.63) is 23.5 Å². The maximum absolute atomic E-state index is 13.8. The lowest BCUT2D eigenvalue weighted by molar-refractivity contribution is 0.384. The van der Waals surface area contributed by atoms with Crippen molar-refractivity contribution in [2.24, 2.45) is 0 Å². The van der Waals surface area contributed by atoms with E-state index in [0.717, 1.165) is 0 Å². The van der Waals surface area contributed by atoms with Gasteiger partial charge in [-0.2, -0.15) is 0 Å². The lowest BCUT2D eigenvalue weighted by atomic mass is 10.2. The fourth-order valence-electron chi connectivity index (χ4n) is 1.48. The predicted molar refractivity (Wildman–Crippen MR) is 66.8 cm³/mol. The number of methoxy groups -OCH3 is 1. The molecule has 18 heavy (non-hydrogen) atoms. The van der Waals surface area contributed by atoms with E-state index >= 15 is 0 Å². The molecule has 0 saturated carbocycles. The van der Waals surface area contributed by atoms with Crippen molar-refractivity contribution in [1.29, 1.82) is 0 Å². The van der Waals surface area contributed by atoms with Gasteiger partial charge >= 0.3 is 0 Å². The molecule has 0 fully saturated rings. The van der Waals surface area contributed by atoms with E-state index in [4.69, 9.17) is 4.74 Å². The second-order valence-corrected chi connectivity index (χ2v) is 5.44. The summed E-state index contributed by atoms with van der Waals surface area (Å²) in [5.41, 5.74) is 0.0475. The second kappa shape index (κ2) is 6.12. The molecule has 0 unspecified atom stereocenters. The van der Waals surface area contributed by atoms with Crippen molar-refractivity contribution >= 4 is 10.0 Å². The Hall–Kier alpha value is -1.18. The molecule has 0 aliphatic heterocycles. The SMILES string of the molecule is CNCCNS(=O)(=O)c1ccc(OC)c(F)c1C. The van der Waals surface area contributed by atoms with Crippen LogP contribution < -0.4 is 14.8 Å². The summed E-state index contributed by atoms with van der Waals surface area (Å²) in [6, 6.07) is 2.63. The zero-order chi connectivity index (χ0) is 13.8. The van der Waals surface area contributed by atoms with Crippen molar-refractivity contribution in [2.45, 2.75) is 11.8 Å². The second-order valence-electron chi connectivity index (χ2n) is 3.71. The zero-order valence-electron chi connectivity index (χ0n) is 10.6. The van der Waals surface area contributed by atoms with Crippen LogP contribution in [0.1, 0.15) is 5.56 Å². The van der Waals surface area contributed by atoms with Gasteiger partial charge in [-0.15, -0.1) is 0 Å². The highest BCUT2D eigenvalue weighted by Gasteiger charge is 2.20. The highest BCUT2D eigenvalue weighted by Crippen LogP contribution is 2.25. The normalized spacial score (nSPS) is 11.6. The molecule has 0 atom stereocenters. The highest BCUT2D eigenvalue weighted by atomic mass is 32.2. The zero-order valence-corrected chi connectivity index (χ0v) is 11.4. The number of halogens is 1. The number of likely N-dealkylation sites (N-methyl/N-ethyl adjacent to an activating group) is 1. The van der Waals surface area contributed by atoms with Gasteiger partial charge in [0.1, 0.15) is 0 Å². The minimum absolute atomic E-state index is 0.0293. The molecule has 0 bridgehead atoms. The highest BCUT2D eigenvalue weighted by molar-refractivity contribution is 7.89. The smallest absolute Gasteiger partial charge is 0.240 e. The van der Waals surface area contributed by atoms with Crippen molar-refractivity contribution < 1.29 is 17.5 Å². The quantitative estimate of drug-likeness (QED) is 0.748. The Kier molecular flexibility index (Phi) is 5.06. The molecule has 1 aromatic carbocycles. The summed E-state index contributed by atoms with van der Waals surface area (Å²) in [5, 5.41) is 2.81. The van der Waals surface area contributed by atoms with Gasteiger partial charge in [0, 0.05) is 18.7 Å². The van der Waals surface area contributed by atoms with Gasteiger partial charge in [-0.1, -0.05) is 0 Å². The Bertz CT molecular complexity index is 517. The molecule has 1 aromatic rings. The standard InChI is InChI=1S/C11H17FN2O3S/c1-8-10(5-4-9(17-3)11(8)12)18(15,16)14-7-6-13-2/h4-5,13-14H,6-7H2,1-3H3. The van der Waals surface area contributed by atoms with Gasteiger partial charge in [0.05, 0.1) is 12.0 Å². The minimum Gasteiger partial charge on any atom is -0.494 e. The molecule has 7 heteroatoms. The molecular formula is C11H17FN2O3S. The van der Waals surface area contributed by atoms with Crippen molar-refractivity contribution in [3.8, 4) is 5.75 Å². The van der Waals surface area contributed by atoms with Crippen molar-refractivity contribution in [3.63, 3.8) is 0 Å². The molecule has 0 heterocycles. The van der Waals surface area contributed by atoms with E-state index in [9.17, 15) is 12.8 Å². The largest absolute Gasteiger partial charge is 0.494 e. The van der Waals surface area contributed by atoms with Crippen LogP contribution in [0.2, 0.25) is 0 Å². The number of hydrogen-bond acceptors (Lipinski definition) is 4. The van der Waals surface area contributed by atoms with E-state index in [1.165, 1.54) is 26.2 Å². The third kappa shape index (κ3) is 3.18. The van der Waals surface area contributed by atoms with E-state index in [-0.39, 0.29) is 22.8 Å². The number of rotatable bonds is 6. The molecule has 2 N–H and O–H groups in total. The summed E-state index contributed by atoms with van der Waals surface area (Å²) >= 11 is 0. The van der Waals surface area contributed by atoms with Gasteiger partial charge in [0.2, 0.25) is 10.0 Å². The van der Waals surface area contributed by atoms with Gasteiger partial charge in [-0.3, -0.25) is 0 Å². The summed E-state index contributed by atoms with van der Waals surface area (Å²) in [6.07, 6.45) is 0. The lowest BCUT2D eigenvalue weighted by Crippen LogP contribution is -2.31. The average molecular weight is 276 g/mol. The van der Waals surface area contributed by atoms with Crippen molar-refractivity contribution in [1.82, 2.24) is 10.0 Å². The molecular weight excluding hydrogens is 259 g/mol. The number of benzene rings is 1. The Balaban J connectivity index is 3.06. The summed E-state index contributed by atoms with van der Waals surface area (Å²) < 4.78 is 44.8. The van der Waals surface area contributed by atoms with Crippen LogP contribution in [0.15, 0.2) is 17.0 Å². The Labute approximate surface area is 106 Å². The molecule has 0 aliphatic carbocycles. The number of hydrogen-bond donors (Lipinski definition) is 2. The lowest BCUT2D eigenvalue weighted by Gasteiger charge is -2.11. The third-order valence-corrected chi connectivity index (χ3v) is 4.08. The maximum Gasteiger partial charge on any atom is 0.240 e. The fraction of sp³-hybridized carbons (Fsp3) is 0.455. The van der Waals surface area contributed by atoms with E-state index in [1.807, 2.05) is 0 Å². The predicted octanol–water partition coefficient (Wildman–Crippen LogP) is 0.640. The fourth-order valence-corrected chi connectivity index (χ4v) is 2.75. The van der Waals surface area contributed by atoms with E-state index in [2.05, 4.69) is 10.0 Å². The average Bonchev–Trinajstić information content (AvgIpc) is 2.32. The summed E-state index contributed by atoms with van der Waals surface area (Å²) in [7, 11) is -0.651. The monoisotopic (exact) mass is 276 g/mol. The van der Waals surface area contributed by atoms with Crippen molar-refractivity contribution in [2.75, 3.05) is 27.2 Å². The molecule has 0 aliphatic rings. The van der Waals surface area contributed by atoms with Gasteiger partial charge in [0.25, 0.3) is 0 Å². The first kappa shape index (κ1) is 14.9. The molecule has 5 nitrogen and oxygen atoms in total. The number of ether oxygens (including phenoxy) is 1. The van der Waals surface area contributed by atoms with Crippen LogP contribution in [0, 0.1) is 12.7 Å². The summed E-state index contributed by atoms with van der Waals surface area (Å²) in [4.78, 5) is -0.0723. The van der Waals surface area contributed by atoms with Gasteiger partial charge in [-0.05, 0) is 26.1 Å². The molecule has 102 valence electrons. The van der Waals surface area contributed by atoms with Crippen LogP contribution in [-0.4, -0.2) is 35.7 Å². The van der Waals surface area contributed by atoms with Crippen LogP contribution in [0.25, 0.3) is 0 Å². The summed E-state index contributed by atoms with van der Waals surface area (Å²) in [5.74, 6) is -0.629. The molecule has 0 aromatic heterocycles. The minimum atomic E-state index is -3.70. The molecule has 0 amide bonds. The van der Waals surface area contributed by atoms with E-state index in [1.54, 1.807) is 7.05 Å². The first-order valence-corrected chi connectivity index (χ1v) is 6.89. The van der Waals surface area contributed by atoms with E-state index < -0.39 is 15.8 Å². The van der Waals surface area contributed by atoms with Crippen LogP contribution in [0.3, 0.4) is 0 Å². The maximum atomic E-state index is 13.8. The molecule has 0 saturated heterocycles. The number of sulfonamides is 1. The Morgan fingerprint density at radius 3 is 2.56 bits per heavy atom. The molecule has 0 spiro atoms. The van der Waals surface area contributed by atoms with Crippen LogP contribution in [-0.2, 0) is 10.0 Å². The van der Waals surface area contributed by atoms with Crippen LogP contribution in [0.5, 0.6) is 5.75 Å². The molecule has 0 radical (unpaired) electrons. The topological polar surface area (TPSA) is 67.4 Å². The third-order valence-electron chi connectivity index (χ3n) is 2.48. The van der Waals surface area contributed by atoms with Gasteiger partial charge in [-0.25, -0.2) is 17.5 Å². The first-order chi connectivity index (χ1) is 8.44. The summed E-state index contributed by atoms with van der Waals surface area (Å²) in [6.45, 7) is 2.15.